The topological polar surface area (TPSA) is 56.9 Å². The SMILES string of the molecule is CC(C#N)C(O)c1ccnc2ccccc12. The van der Waals surface area contributed by atoms with Crippen molar-refractivity contribution in [3.05, 3.63) is 42.1 Å². The first-order valence-corrected chi connectivity index (χ1v) is 5.15. The first-order valence-electron chi connectivity index (χ1n) is 5.15. The van der Waals surface area contributed by atoms with Crippen LogP contribution in [-0.2, 0) is 0 Å². The minimum Gasteiger partial charge on any atom is -0.387 e. The van der Waals surface area contributed by atoms with Gasteiger partial charge in [-0.1, -0.05) is 18.2 Å². The Morgan fingerprint density at radius 1 is 1.31 bits per heavy atom. The third-order valence-electron chi connectivity index (χ3n) is 2.68. The highest BCUT2D eigenvalue weighted by atomic mass is 16.3. The van der Waals surface area contributed by atoms with Gasteiger partial charge in [-0.05, 0) is 24.6 Å². The van der Waals surface area contributed by atoms with Crippen LogP contribution < -0.4 is 0 Å². The maximum absolute atomic E-state index is 10.0. The summed E-state index contributed by atoms with van der Waals surface area (Å²) in [5.41, 5.74) is 1.60. The van der Waals surface area contributed by atoms with E-state index in [1.165, 1.54) is 0 Å². The van der Waals surface area contributed by atoms with Crippen LogP contribution in [0.15, 0.2) is 36.5 Å². The Balaban J connectivity index is 2.57. The van der Waals surface area contributed by atoms with Crippen molar-refractivity contribution in [3.8, 4) is 6.07 Å². The molecule has 16 heavy (non-hydrogen) atoms. The molecule has 1 aromatic heterocycles. The Bertz CT molecular complexity index is 540. The molecule has 0 aliphatic heterocycles. The van der Waals surface area contributed by atoms with Crippen LogP contribution in [0.3, 0.4) is 0 Å². The van der Waals surface area contributed by atoms with Gasteiger partial charge in [0.15, 0.2) is 0 Å². The Morgan fingerprint density at radius 3 is 2.81 bits per heavy atom. The normalized spacial score (nSPS) is 14.3. The minimum atomic E-state index is -0.766. The van der Waals surface area contributed by atoms with Gasteiger partial charge in [0.25, 0.3) is 0 Å². The molecule has 0 aliphatic rings. The lowest BCUT2D eigenvalue weighted by Gasteiger charge is -2.14. The van der Waals surface area contributed by atoms with Gasteiger partial charge in [0.1, 0.15) is 0 Å². The predicted molar refractivity (Wildman–Crippen MR) is 61.5 cm³/mol. The van der Waals surface area contributed by atoms with Crippen molar-refractivity contribution in [1.29, 1.82) is 5.26 Å². The molecule has 0 saturated carbocycles. The molecule has 2 aromatic rings. The minimum absolute atomic E-state index is 0.425. The van der Waals surface area contributed by atoms with Crippen LogP contribution in [0, 0.1) is 17.2 Å². The Kier molecular flexibility index (Phi) is 2.84. The molecule has 0 aliphatic carbocycles. The molecule has 2 atom stereocenters. The number of aliphatic hydroxyl groups is 1. The second-order valence-corrected chi connectivity index (χ2v) is 3.78. The van der Waals surface area contributed by atoms with Gasteiger partial charge in [-0.3, -0.25) is 4.98 Å². The monoisotopic (exact) mass is 212 g/mol. The van der Waals surface area contributed by atoms with Crippen LogP contribution in [0.5, 0.6) is 0 Å². The van der Waals surface area contributed by atoms with Crippen LogP contribution >= 0.6 is 0 Å². The number of aromatic nitrogens is 1. The van der Waals surface area contributed by atoms with Gasteiger partial charge in [0.05, 0.1) is 23.6 Å². The number of para-hydroxylation sites is 1. The standard InChI is InChI=1S/C13H12N2O/c1-9(8-14)13(16)11-6-7-15-12-5-3-2-4-10(11)12/h2-7,9,13,16H,1H3. The van der Waals surface area contributed by atoms with Gasteiger partial charge in [0, 0.05) is 11.6 Å². The Labute approximate surface area is 94.0 Å². The number of hydrogen-bond donors (Lipinski definition) is 1. The summed E-state index contributed by atoms with van der Waals surface area (Å²) in [4.78, 5) is 4.22. The highest BCUT2D eigenvalue weighted by Crippen LogP contribution is 2.27. The summed E-state index contributed by atoms with van der Waals surface area (Å²) in [6, 6.07) is 11.4. The van der Waals surface area contributed by atoms with Crippen molar-refractivity contribution >= 4 is 10.9 Å². The lowest BCUT2D eigenvalue weighted by molar-refractivity contribution is 0.144. The molecule has 0 amide bonds. The smallest absolute Gasteiger partial charge is 0.0952 e. The summed E-state index contributed by atoms with van der Waals surface area (Å²) < 4.78 is 0. The van der Waals surface area contributed by atoms with E-state index < -0.39 is 12.0 Å². The summed E-state index contributed by atoms with van der Waals surface area (Å²) in [5.74, 6) is -0.425. The van der Waals surface area contributed by atoms with E-state index in [0.717, 1.165) is 16.5 Å². The fraction of sp³-hybridized carbons (Fsp3) is 0.231. The van der Waals surface area contributed by atoms with Crippen LogP contribution in [-0.4, -0.2) is 10.1 Å². The third-order valence-corrected chi connectivity index (χ3v) is 2.68. The van der Waals surface area contributed by atoms with E-state index in [1.54, 1.807) is 19.2 Å². The van der Waals surface area contributed by atoms with Crippen molar-refractivity contribution in [2.45, 2.75) is 13.0 Å². The highest BCUT2D eigenvalue weighted by molar-refractivity contribution is 5.82. The maximum Gasteiger partial charge on any atom is 0.0952 e. The highest BCUT2D eigenvalue weighted by Gasteiger charge is 2.17. The molecular formula is C13H12N2O. The van der Waals surface area contributed by atoms with E-state index in [0.29, 0.717) is 0 Å². The molecule has 0 fully saturated rings. The number of pyridine rings is 1. The van der Waals surface area contributed by atoms with Crippen LogP contribution in [0.4, 0.5) is 0 Å². The molecule has 2 unspecified atom stereocenters. The van der Waals surface area contributed by atoms with Gasteiger partial charge in [-0.2, -0.15) is 5.26 Å². The Hall–Kier alpha value is -1.92. The van der Waals surface area contributed by atoms with E-state index in [9.17, 15) is 5.11 Å². The second-order valence-electron chi connectivity index (χ2n) is 3.78. The number of rotatable bonds is 2. The summed E-state index contributed by atoms with van der Waals surface area (Å²) in [6.45, 7) is 1.71. The number of nitriles is 1. The lowest BCUT2D eigenvalue weighted by atomic mass is 9.96. The molecule has 80 valence electrons. The number of fused-ring (bicyclic) bond motifs is 1. The Morgan fingerprint density at radius 2 is 2.06 bits per heavy atom. The van der Waals surface area contributed by atoms with Crippen molar-refractivity contribution in [2.75, 3.05) is 0 Å². The second kappa shape index (κ2) is 4.30. The fourth-order valence-electron chi connectivity index (χ4n) is 1.72. The van der Waals surface area contributed by atoms with Gasteiger partial charge in [-0.25, -0.2) is 0 Å². The summed E-state index contributed by atoms with van der Waals surface area (Å²) in [7, 11) is 0. The van der Waals surface area contributed by atoms with Crippen molar-refractivity contribution in [2.24, 2.45) is 5.92 Å². The van der Waals surface area contributed by atoms with Gasteiger partial charge < -0.3 is 5.11 Å². The summed E-state index contributed by atoms with van der Waals surface area (Å²) >= 11 is 0. The molecule has 0 spiro atoms. The zero-order chi connectivity index (χ0) is 11.5. The largest absolute Gasteiger partial charge is 0.387 e. The van der Waals surface area contributed by atoms with Crippen LogP contribution in [0.2, 0.25) is 0 Å². The van der Waals surface area contributed by atoms with E-state index in [1.807, 2.05) is 24.3 Å². The van der Waals surface area contributed by atoms with E-state index in [-0.39, 0.29) is 0 Å². The molecule has 1 aromatic carbocycles. The predicted octanol–water partition coefficient (Wildman–Crippen LogP) is 2.43. The number of hydrogen-bond acceptors (Lipinski definition) is 3. The molecule has 3 nitrogen and oxygen atoms in total. The molecular weight excluding hydrogens is 200 g/mol. The van der Waals surface area contributed by atoms with Crippen LogP contribution in [0.1, 0.15) is 18.6 Å². The number of aliphatic hydroxyl groups excluding tert-OH is 1. The third kappa shape index (κ3) is 1.75. The first kappa shape index (κ1) is 10.6. The zero-order valence-corrected chi connectivity index (χ0v) is 8.96. The molecule has 0 bridgehead atoms. The molecule has 0 saturated heterocycles. The van der Waals surface area contributed by atoms with Crippen molar-refractivity contribution < 1.29 is 5.11 Å². The average molecular weight is 212 g/mol. The maximum atomic E-state index is 10.0. The van der Waals surface area contributed by atoms with Gasteiger partial charge >= 0.3 is 0 Å². The first-order chi connectivity index (χ1) is 7.74. The van der Waals surface area contributed by atoms with E-state index in [4.69, 9.17) is 5.26 Å². The number of nitrogens with zero attached hydrogens (tertiary/aromatic N) is 2. The summed E-state index contributed by atoms with van der Waals surface area (Å²) in [5, 5.41) is 19.8. The molecule has 3 heteroatoms. The molecule has 1 N–H and O–H groups in total. The van der Waals surface area contributed by atoms with Crippen molar-refractivity contribution in [1.82, 2.24) is 4.98 Å². The quantitative estimate of drug-likeness (QED) is 0.831. The van der Waals surface area contributed by atoms with Crippen LogP contribution in [0.25, 0.3) is 10.9 Å². The summed E-state index contributed by atoms with van der Waals surface area (Å²) in [6.07, 6.45) is 0.892. The van der Waals surface area contributed by atoms with Crippen molar-refractivity contribution in [3.63, 3.8) is 0 Å². The van der Waals surface area contributed by atoms with Gasteiger partial charge in [0.2, 0.25) is 0 Å². The van der Waals surface area contributed by atoms with E-state index in [2.05, 4.69) is 11.1 Å². The molecule has 2 rings (SSSR count). The molecule has 0 radical (unpaired) electrons. The number of benzene rings is 1. The zero-order valence-electron chi connectivity index (χ0n) is 8.96. The van der Waals surface area contributed by atoms with Gasteiger partial charge in [-0.15, -0.1) is 0 Å². The lowest BCUT2D eigenvalue weighted by Crippen LogP contribution is -2.07. The average Bonchev–Trinajstić information content (AvgIpc) is 2.36. The fourth-order valence-corrected chi connectivity index (χ4v) is 1.72. The molecule has 1 heterocycles. The van der Waals surface area contributed by atoms with E-state index >= 15 is 0 Å².